The number of hydrogen-bond donors (Lipinski definition) is 0. The van der Waals surface area contributed by atoms with Crippen LogP contribution in [0.15, 0.2) is 93.9 Å². The molecule has 1 aliphatic rings. The molecule has 1 aliphatic heterocycles. The van der Waals surface area contributed by atoms with Gasteiger partial charge in [-0.15, -0.1) is 0 Å². The Morgan fingerprint density at radius 2 is 1.72 bits per heavy atom. The molecule has 1 aromatic heterocycles. The highest BCUT2D eigenvalue weighted by Crippen LogP contribution is 2.31. The van der Waals surface area contributed by atoms with Crippen molar-refractivity contribution in [3.8, 4) is 11.5 Å². The van der Waals surface area contributed by atoms with Crippen molar-refractivity contribution in [3.05, 3.63) is 126 Å². The SMILES string of the molecule is CCOC(=O)C1=C(C)N=c2sc(=Cc3ccc(OCCOc4cc(C)ccc4C(C)C)cc3)c(=O)n2[C@H]1c1ccccc1. The van der Waals surface area contributed by atoms with Gasteiger partial charge in [0.05, 0.1) is 28.5 Å². The second-order valence-corrected chi connectivity index (χ2v) is 11.7. The van der Waals surface area contributed by atoms with Gasteiger partial charge in [-0.05, 0) is 73.2 Å². The summed E-state index contributed by atoms with van der Waals surface area (Å²) in [5.41, 5.74) is 4.74. The van der Waals surface area contributed by atoms with E-state index in [-0.39, 0.29) is 12.2 Å². The van der Waals surface area contributed by atoms with Crippen LogP contribution < -0.4 is 24.4 Å². The van der Waals surface area contributed by atoms with E-state index in [1.54, 1.807) is 18.4 Å². The molecule has 7 nitrogen and oxygen atoms in total. The fraction of sp³-hybridized carbons (Fsp3) is 0.286. The van der Waals surface area contributed by atoms with E-state index in [1.165, 1.54) is 16.9 Å². The molecular formula is C35H36N2O5S. The average molecular weight is 597 g/mol. The molecule has 0 bridgehead atoms. The molecule has 0 radical (unpaired) electrons. The highest BCUT2D eigenvalue weighted by molar-refractivity contribution is 7.07. The van der Waals surface area contributed by atoms with E-state index in [0.29, 0.717) is 45.5 Å². The molecule has 3 aromatic carbocycles. The highest BCUT2D eigenvalue weighted by atomic mass is 32.1. The molecule has 0 saturated heterocycles. The normalized spacial score (nSPS) is 14.8. The third-order valence-corrected chi connectivity index (χ3v) is 8.19. The van der Waals surface area contributed by atoms with Crippen molar-refractivity contribution < 1.29 is 19.0 Å². The van der Waals surface area contributed by atoms with E-state index in [4.69, 9.17) is 14.2 Å². The topological polar surface area (TPSA) is 79.1 Å². The summed E-state index contributed by atoms with van der Waals surface area (Å²) in [4.78, 5) is 31.9. The number of carbonyl (C=O) groups is 1. The number of rotatable bonds is 10. The number of fused-ring (bicyclic) bond motifs is 1. The number of benzene rings is 3. The maximum atomic E-state index is 13.7. The minimum absolute atomic E-state index is 0.207. The number of thiazole rings is 1. The Hall–Kier alpha value is -4.43. The van der Waals surface area contributed by atoms with Gasteiger partial charge in [0.1, 0.15) is 24.7 Å². The summed E-state index contributed by atoms with van der Waals surface area (Å²) >= 11 is 1.30. The third-order valence-electron chi connectivity index (χ3n) is 7.21. The molecule has 0 amide bonds. The second-order valence-electron chi connectivity index (χ2n) is 10.7. The van der Waals surface area contributed by atoms with E-state index in [9.17, 15) is 9.59 Å². The quantitative estimate of drug-likeness (QED) is 0.174. The lowest BCUT2D eigenvalue weighted by molar-refractivity contribution is -0.139. The van der Waals surface area contributed by atoms with Crippen molar-refractivity contribution in [2.75, 3.05) is 19.8 Å². The van der Waals surface area contributed by atoms with E-state index >= 15 is 0 Å². The van der Waals surface area contributed by atoms with Crippen molar-refractivity contribution >= 4 is 23.4 Å². The van der Waals surface area contributed by atoms with Crippen molar-refractivity contribution in [2.24, 2.45) is 4.99 Å². The Labute approximate surface area is 255 Å². The van der Waals surface area contributed by atoms with E-state index in [1.807, 2.05) is 60.7 Å². The van der Waals surface area contributed by atoms with Crippen molar-refractivity contribution in [2.45, 2.75) is 46.6 Å². The monoisotopic (exact) mass is 596 g/mol. The van der Waals surface area contributed by atoms with Crippen LogP contribution in [0.3, 0.4) is 0 Å². The van der Waals surface area contributed by atoms with E-state index in [2.05, 4.69) is 44.0 Å². The zero-order valence-electron chi connectivity index (χ0n) is 25.1. The number of aromatic nitrogens is 1. The summed E-state index contributed by atoms with van der Waals surface area (Å²) in [5.74, 6) is 1.52. The average Bonchev–Trinajstić information content (AvgIpc) is 3.29. The van der Waals surface area contributed by atoms with Crippen LogP contribution in [0.2, 0.25) is 0 Å². The van der Waals surface area contributed by atoms with Gasteiger partial charge in [-0.2, -0.15) is 0 Å². The van der Waals surface area contributed by atoms with Crippen LogP contribution in [-0.2, 0) is 9.53 Å². The predicted molar refractivity (Wildman–Crippen MR) is 170 cm³/mol. The van der Waals surface area contributed by atoms with Crippen LogP contribution >= 0.6 is 11.3 Å². The van der Waals surface area contributed by atoms with Crippen LogP contribution in [0.1, 0.15) is 61.9 Å². The number of carbonyl (C=O) groups excluding carboxylic acids is 1. The van der Waals surface area contributed by atoms with E-state index in [0.717, 1.165) is 22.4 Å². The third kappa shape index (κ3) is 6.65. The fourth-order valence-corrected chi connectivity index (χ4v) is 6.16. The number of allylic oxidation sites excluding steroid dienone is 1. The maximum absolute atomic E-state index is 13.7. The lowest BCUT2D eigenvalue weighted by atomic mass is 9.96. The number of ether oxygens (including phenoxy) is 3. The molecule has 8 heteroatoms. The molecule has 222 valence electrons. The minimum Gasteiger partial charge on any atom is -0.490 e. The van der Waals surface area contributed by atoms with E-state index < -0.39 is 12.0 Å². The Morgan fingerprint density at radius 3 is 2.42 bits per heavy atom. The number of aryl methyl sites for hydroxylation is 1. The van der Waals surface area contributed by atoms with Gasteiger partial charge in [0.15, 0.2) is 4.80 Å². The molecule has 0 N–H and O–H groups in total. The van der Waals surface area contributed by atoms with Crippen molar-refractivity contribution in [1.29, 1.82) is 0 Å². The van der Waals surface area contributed by atoms with Crippen LogP contribution in [0, 0.1) is 6.92 Å². The standard InChI is InChI=1S/C35H36N2O5S/c1-6-40-34(39)31-24(5)36-35-37(32(31)26-10-8-7-9-11-26)33(38)30(43-35)21-25-13-15-27(16-14-25)41-18-19-42-29-20-23(4)12-17-28(29)22(2)3/h7-17,20-22,32H,6,18-19H2,1-5H3/t32-/m0/s1. The first kappa shape index (κ1) is 30.0. The summed E-state index contributed by atoms with van der Waals surface area (Å²) in [6.45, 7) is 11.0. The molecule has 5 rings (SSSR count). The predicted octanol–water partition coefficient (Wildman–Crippen LogP) is 5.69. The van der Waals surface area contributed by atoms with Crippen LogP contribution in [0.25, 0.3) is 6.08 Å². The first-order chi connectivity index (χ1) is 20.8. The lowest BCUT2D eigenvalue weighted by Crippen LogP contribution is -2.39. The van der Waals surface area contributed by atoms with Gasteiger partial charge in [-0.25, -0.2) is 9.79 Å². The molecular weight excluding hydrogens is 560 g/mol. The minimum atomic E-state index is -0.618. The maximum Gasteiger partial charge on any atom is 0.338 e. The smallest absolute Gasteiger partial charge is 0.338 e. The number of esters is 1. The van der Waals surface area contributed by atoms with Gasteiger partial charge in [-0.3, -0.25) is 9.36 Å². The fourth-order valence-electron chi connectivity index (χ4n) is 5.11. The Kier molecular flexibility index (Phi) is 9.26. The first-order valence-corrected chi connectivity index (χ1v) is 15.3. The molecule has 0 fully saturated rings. The largest absolute Gasteiger partial charge is 0.490 e. The molecule has 0 unspecified atom stereocenters. The van der Waals surface area contributed by atoms with Crippen LogP contribution in [0.5, 0.6) is 11.5 Å². The van der Waals surface area contributed by atoms with Gasteiger partial charge in [0.2, 0.25) is 0 Å². The van der Waals surface area contributed by atoms with Gasteiger partial charge >= 0.3 is 5.97 Å². The molecule has 0 spiro atoms. The molecule has 0 aliphatic carbocycles. The molecule has 1 atom stereocenters. The first-order valence-electron chi connectivity index (χ1n) is 14.5. The summed E-state index contributed by atoms with van der Waals surface area (Å²) in [6, 6.07) is 22.8. The summed E-state index contributed by atoms with van der Waals surface area (Å²) in [7, 11) is 0. The number of hydrogen-bond acceptors (Lipinski definition) is 7. The molecule has 4 aromatic rings. The van der Waals surface area contributed by atoms with Crippen LogP contribution in [0.4, 0.5) is 0 Å². The summed E-state index contributed by atoms with van der Waals surface area (Å²) < 4.78 is 19.4. The zero-order chi connectivity index (χ0) is 30.5. The zero-order valence-corrected chi connectivity index (χ0v) is 25.9. The Balaban J connectivity index is 1.34. The highest BCUT2D eigenvalue weighted by Gasteiger charge is 2.33. The van der Waals surface area contributed by atoms with Gasteiger partial charge in [0.25, 0.3) is 5.56 Å². The number of nitrogens with zero attached hydrogens (tertiary/aromatic N) is 2. The summed E-state index contributed by atoms with van der Waals surface area (Å²) in [6.07, 6.45) is 1.84. The van der Waals surface area contributed by atoms with Gasteiger partial charge < -0.3 is 14.2 Å². The Bertz CT molecular complexity index is 1820. The Morgan fingerprint density at radius 1 is 1.00 bits per heavy atom. The van der Waals surface area contributed by atoms with Gasteiger partial charge in [-0.1, -0.05) is 79.8 Å². The molecule has 0 saturated carbocycles. The molecule has 43 heavy (non-hydrogen) atoms. The van der Waals surface area contributed by atoms with Gasteiger partial charge in [0, 0.05) is 0 Å². The second kappa shape index (κ2) is 13.3. The van der Waals surface area contributed by atoms with Crippen molar-refractivity contribution in [3.63, 3.8) is 0 Å². The lowest BCUT2D eigenvalue weighted by Gasteiger charge is -2.24. The van der Waals surface area contributed by atoms with Crippen molar-refractivity contribution in [1.82, 2.24) is 4.57 Å². The van der Waals surface area contributed by atoms with Crippen LogP contribution in [-0.4, -0.2) is 30.4 Å². The summed E-state index contributed by atoms with van der Waals surface area (Å²) in [5, 5.41) is 0. The molecule has 2 heterocycles.